The molecule has 0 bridgehead atoms. The second-order valence-electron chi connectivity index (χ2n) is 6.48. The minimum absolute atomic E-state index is 0.0193. The number of nitrogens with one attached hydrogen (secondary N) is 1. The highest BCUT2D eigenvalue weighted by atomic mass is 32.3. The van der Waals surface area contributed by atoms with Gasteiger partial charge < -0.3 is 9.30 Å². The SMILES string of the molecule is CCS(O)(O)Nc1cc(-c2cc(C)c(=O)n(C)c2)nc(Oc2ccc(F)cc2F)n1. The molecular formula is C19H20F2N4O4S. The number of aryl methyl sites for hydroxylation is 2. The molecular weight excluding hydrogens is 418 g/mol. The zero-order chi connectivity index (χ0) is 22.1. The van der Waals surface area contributed by atoms with Gasteiger partial charge >= 0.3 is 6.01 Å². The molecule has 3 N–H and O–H groups in total. The molecule has 30 heavy (non-hydrogen) atoms. The Morgan fingerprint density at radius 3 is 2.57 bits per heavy atom. The van der Waals surface area contributed by atoms with Gasteiger partial charge in [-0.1, -0.05) is 0 Å². The van der Waals surface area contributed by atoms with Crippen molar-refractivity contribution in [2.45, 2.75) is 13.8 Å². The summed E-state index contributed by atoms with van der Waals surface area (Å²) in [5.74, 6) is -1.98. The van der Waals surface area contributed by atoms with Gasteiger partial charge in [0, 0.05) is 36.5 Å². The summed E-state index contributed by atoms with van der Waals surface area (Å²) in [6.07, 6.45) is 1.54. The fraction of sp³-hybridized carbons (Fsp3) is 0.211. The van der Waals surface area contributed by atoms with E-state index >= 15 is 0 Å². The molecule has 0 spiro atoms. The molecule has 0 aliphatic carbocycles. The molecule has 3 aromatic rings. The topological polar surface area (TPSA) is 110 Å². The van der Waals surface area contributed by atoms with Crippen molar-refractivity contribution in [3.05, 3.63) is 64.1 Å². The summed E-state index contributed by atoms with van der Waals surface area (Å²) in [6, 6.07) is 5.50. The summed E-state index contributed by atoms with van der Waals surface area (Å²) in [5.41, 5.74) is 1.09. The third-order valence-corrected chi connectivity index (χ3v) is 5.47. The van der Waals surface area contributed by atoms with E-state index in [9.17, 15) is 22.7 Å². The van der Waals surface area contributed by atoms with Crippen LogP contribution in [0.3, 0.4) is 0 Å². The van der Waals surface area contributed by atoms with Crippen LogP contribution in [0, 0.1) is 18.6 Å². The van der Waals surface area contributed by atoms with Crippen LogP contribution in [-0.2, 0) is 7.05 Å². The van der Waals surface area contributed by atoms with Gasteiger partial charge in [0.2, 0.25) is 0 Å². The van der Waals surface area contributed by atoms with Gasteiger partial charge in [-0.3, -0.25) is 18.6 Å². The second kappa shape index (κ2) is 8.38. The molecule has 0 saturated heterocycles. The molecule has 0 fully saturated rings. The third kappa shape index (κ3) is 4.93. The number of rotatable bonds is 6. The largest absolute Gasteiger partial charge is 0.421 e. The van der Waals surface area contributed by atoms with E-state index < -0.39 is 22.4 Å². The summed E-state index contributed by atoms with van der Waals surface area (Å²) < 4.78 is 56.4. The molecule has 3 rings (SSSR count). The molecule has 0 radical (unpaired) electrons. The Kier molecular flexibility index (Phi) is 6.06. The summed E-state index contributed by atoms with van der Waals surface area (Å²) in [6.45, 7) is 3.22. The smallest absolute Gasteiger partial charge is 0.324 e. The van der Waals surface area contributed by atoms with E-state index in [1.807, 2.05) is 0 Å². The summed E-state index contributed by atoms with van der Waals surface area (Å²) in [5, 5.41) is 0. The summed E-state index contributed by atoms with van der Waals surface area (Å²) in [4.78, 5) is 20.2. The van der Waals surface area contributed by atoms with Crippen molar-refractivity contribution in [1.82, 2.24) is 14.5 Å². The minimum Gasteiger partial charge on any atom is -0.421 e. The van der Waals surface area contributed by atoms with Crippen LogP contribution in [-0.4, -0.2) is 29.4 Å². The molecule has 0 saturated carbocycles. The van der Waals surface area contributed by atoms with Crippen LogP contribution in [0.15, 0.2) is 41.3 Å². The monoisotopic (exact) mass is 438 g/mol. The van der Waals surface area contributed by atoms with Crippen molar-refractivity contribution >= 4 is 16.6 Å². The lowest BCUT2D eigenvalue weighted by Gasteiger charge is -2.31. The first-order valence-corrected chi connectivity index (χ1v) is 10.5. The van der Waals surface area contributed by atoms with Crippen LogP contribution in [0.4, 0.5) is 14.6 Å². The fourth-order valence-corrected chi connectivity index (χ4v) is 3.17. The Bertz CT molecular complexity index is 1130. The molecule has 11 heteroatoms. The number of anilines is 1. The maximum Gasteiger partial charge on any atom is 0.324 e. The second-order valence-corrected chi connectivity index (χ2v) is 8.60. The van der Waals surface area contributed by atoms with E-state index in [0.717, 1.165) is 12.1 Å². The summed E-state index contributed by atoms with van der Waals surface area (Å²) >= 11 is 0. The maximum absolute atomic E-state index is 14.0. The Labute approximate surface area is 172 Å². The van der Waals surface area contributed by atoms with Crippen molar-refractivity contribution in [1.29, 1.82) is 0 Å². The van der Waals surface area contributed by atoms with Gasteiger partial charge in [0.15, 0.2) is 17.4 Å². The first-order valence-electron chi connectivity index (χ1n) is 8.81. The van der Waals surface area contributed by atoms with Gasteiger partial charge in [-0.05, 0) is 32.0 Å². The van der Waals surface area contributed by atoms with Crippen molar-refractivity contribution < 1.29 is 22.6 Å². The number of aromatic nitrogens is 3. The predicted molar refractivity (Wildman–Crippen MR) is 111 cm³/mol. The zero-order valence-corrected chi connectivity index (χ0v) is 17.2. The van der Waals surface area contributed by atoms with E-state index in [4.69, 9.17) is 4.74 Å². The normalized spacial score (nSPS) is 12.0. The van der Waals surface area contributed by atoms with Crippen molar-refractivity contribution in [2.75, 3.05) is 10.5 Å². The molecule has 8 nitrogen and oxygen atoms in total. The van der Waals surface area contributed by atoms with E-state index in [1.165, 1.54) is 10.6 Å². The van der Waals surface area contributed by atoms with Gasteiger partial charge in [0.05, 0.1) is 11.4 Å². The van der Waals surface area contributed by atoms with Gasteiger partial charge in [-0.25, -0.2) is 8.78 Å². The summed E-state index contributed by atoms with van der Waals surface area (Å²) in [7, 11) is -1.59. The third-order valence-electron chi connectivity index (χ3n) is 4.13. The number of hydrogen-bond acceptors (Lipinski definition) is 7. The molecule has 2 heterocycles. The van der Waals surface area contributed by atoms with Crippen LogP contribution in [0.1, 0.15) is 12.5 Å². The zero-order valence-electron chi connectivity index (χ0n) is 16.4. The molecule has 2 aromatic heterocycles. The molecule has 0 atom stereocenters. The van der Waals surface area contributed by atoms with Gasteiger partial charge in [-0.2, -0.15) is 9.97 Å². The Morgan fingerprint density at radius 2 is 1.93 bits per heavy atom. The Morgan fingerprint density at radius 1 is 1.20 bits per heavy atom. The Hall–Kier alpha value is -3.02. The average Bonchev–Trinajstić information content (AvgIpc) is 2.67. The van der Waals surface area contributed by atoms with Gasteiger partial charge in [-0.15, -0.1) is 10.8 Å². The number of halogens is 2. The van der Waals surface area contributed by atoms with Crippen LogP contribution < -0.4 is 15.0 Å². The van der Waals surface area contributed by atoms with Gasteiger partial charge in [0.25, 0.3) is 5.56 Å². The van der Waals surface area contributed by atoms with Gasteiger partial charge in [0.1, 0.15) is 5.82 Å². The van der Waals surface area contributed by atoms with Crippen LogP contribution in [0.2, 0.25) is 0 Å². The van der Waals surface area contributed by atoms with E-state index in [1.54, 1.807) is 33.2 Å². The van der Waals surface area contributed by atoms with Crippen molar-refractivity contribution in [3.63, 3.8) is 0 Å². The predicted octanol–water partition coefficient (Wildman–Crippen LogP) is 4.32. The molecule has 160 valence electrons. The lowest BCUT2D eigenvalue weighted by Crippen LogP contribution is -2.18. The van der Waals surface area contributed by atoms with Crippen molar-refractivity contribution in [2.24, 2.45) is 7.05 Å². The quantitative estimate of drug-likeness (QED) is 0.526. The molecule has 0 unspecified atom stereocenters. The number of ether oxygens (including phenoxy) is 1. The van der Waals surface area contributed by atoms with Crippen LogP contribution in [0.25, 0.3) is 11.3 Å². The molecule has 0 aliphatic heterocycles. The highest BCUT2D eigenvalue weighted by molar-refractivity contribution is 8.25. The fourth-order valence-electron chi connectivity index (χ4n) is 2.58. The Balaban J connectivity index is 2.10. The molecule has 0 aliphatic rings. The van der Waals surface area contributed by atoms with Crippen LogP contribution >= 0.6 is 10.8 Å². The first kappa shape index (κ1) is 21.7. The molecule has 0 amide bonds. The van der Waals surface area contributed by atoms with E-state index in [0.29, 0.717) is 17.2 Å². The minimum atomic E-state index is -3.17. The number of benzene rings is 1. The van der Waals surface area contributed by atoms with Crippen LogP contribution in [0.5, 0.6) is 11.8 Å². The standard InChI is InChI=1S/C19H20F2N4O4S/c1-4-30(27,28)24-17-9-15(12-7-11(2)18(26)25(3)10-12)22-19(23-17)29-16-6-5-13(20)8-14(16)21/h5-10,27-28H,4H2,1-3H3,(H,22,23,24). The van der Waals surface area contributed by atoms with Crippen molar-refractivity contribution in [3.8, 4) is 23.0 Å². The van der Waals surface area contributed by atoms with E-state index in [-0.39, 0.29) is 34.6 Å². The highest BCUT2D eigenvalue weighted by Crippen LogP contribution is 2.38. The maximum atomic E-state index is 14.0. The van der Waals surface area contributed by atoms with E-state index in [2.05, 4.69) is 14.7 Å². The molecule has 1 aromatic carbocycles. The number of pyridine rings is 1. The lowest BCUT2D eigenvalue weighted by molar-refractivity contribution is 0.409. The highest BCUT2D eigenvalue weighted by Gasteiger charge is 2.16. The lowest BCUT2D eigenvalue weighted by atomic mass is 10.1. The first-order chi connectivity index (χ1) is 14.1. The number of hydrogen-bond donors (Lipinski definition) is 3. The number of nitrogens with zero attached hydrogens (tertiary/aromatic N) is 3. The average molecular weight is 438 g/mol.